The molecule has 1 atom stereocenters. The summed E-state index contributed by atoms with van der Waals surface area (Å²) < 4.78 is 13.4. The Labute approximate surface area is 268 Å². The van der Waals surface area contributed by atoms with Gasteiger partial charge in [-0.1, -0.05) is 78.0 Å². The first kappa shape index (κ1) is 31.7. The summed E-state index contributed by atoms with van der Waals surface area (Å²) in [6, 6.07) is 31.0. The molecule has 0 radical (unpaired) electrons. The number of amides is 1. The number of hydrogen-bond donors (Lipinski definition) is 2. The molecule has 0 aliphatic carbocycles. The average Bonchev–Trinajstić information content (AvgIpc) is 3.49. The van der Waals surface area contributed by atoms with Crippen LogP contribution < -0.4 is 14.8 Å². The summed E-state index contributed by atoms with van der Waals surface area (Å²) in [6.07, 6.45) is 2.09. The highest BCUT2D eigenvalue weighted by Crippen LogP contribution is 2.34. The fourth-order valence-electron chi connectivity index (χ4n) is 5.35. The van der Waals surface area contributed by atoms with Crippen LogP contribution in [0.4, 0.5) is 0 Å². The number of thioether (sulfide) groups is 1. The van der Waals surface area contributed by atoms with Gasteiger partial charge in [0.05, 0.1) is 25.5 Å². The van der Waals surface area contributed by atoms with Gasteiger partial charge in [-0.25, -0.2) is 0 Å². The fourth-order valence-corrected chi connectivity index (χ4v) is 6.25. The van der Waals surface area contributed by atoms with E-state index >= 15 is 0 Å². The van der Waals surface area contributed by atoms with E-state index < -0.39 is 0 Å². The summed E-state index contributed by atoms with van der Waals surface area (Å²) in [7, 11) is 3.34. The Hall–Kier alpha value is -4.76. The first-order valence-electron chi connectivity index (χ1n) is 14.9. The highest BCUT2D eigenvalue weighted by molar-refractivity contribution is 7.98. The van der Waals surface area contributed by atoms with Crippen LogP contribution in [-0.2, 0) is 12.2 Å². The molecule has 5 rings (SSSR count). The number of phenolic OH excluding ortho intramolecular Hbond substituents is 1. The number of carbonyl (C=O) groups is 1. The number of aromatic nitrogens is 3. The Morgan fingerprint density at radius 2 is 1.73 bits per heavy atom. The van der Waals surface area contributed by atoms with E-state index in [0.717, 1.165) is 45.9 Å². The lowest BCUT2D eigenvalue weighted by Crippen LogP contribution is -2.25. The number of aryl methyl sites for hydroxylation is 1. The number of para-hydroxylation sites is 2. The van der Waals surface area contributed by atoms with E-state index in [0.29, 0.717) is 19.4 Å². The van der Waals surface area contributed by atoms with Crippen LogP contribution in [0, 0.1) is 6.92 Å². The lowest BCUT2D eigenvalue weighted by Gasteiger charge is -2.20. The van der Waals surface area contributed by atoms with Gasteiger partial charge in [-0.15, -0.1) is 10.2 Å². The molecule has 4 aromatic carbocycles. The third-order valence-electron chi connectivity index (χ3n) is 7.61. The molecule has 0 saturated carbocycles. The zero-order chi connectivity index (χ0) is 31.6. The maximum absolute atomic E-state index is 12.7. The van der Waals surface area contributed by atoms with Gasteiger partial charge in [0.15, 0.2) is 5.16 Å². The van der Waals surface area contributed by atoms with Crippen molar-refractivity contribution in [2.45, 2.75) is 43.0 Å². The number of ether oxygens (including phenoxy) is 2. The van der Waals surface area contributed by atoms with E-state index in [4.69, 9.17) is 19.7 Å². The molecule has 1 aromatic heterocycles. The maximum Gasteiger partial charge on any atom is 0.255 e. The second-order valence-electron chi connectivity index (χ2n) is 10.8. The van der Waals surface area contributed by atoms with Gasteiger partial charge in [-0.3, -0.25) is 9.36 Å². The van der Waals surface area contributed by atoms with Gasteiger partial charge in [0, 0.05) is 24.3 Å². The quantitative estimate of drug-likeness (QED) is 0.100. The number of nitrogens with zero attached hydrogens (tertiary/aromatic N) is 3. The topological polar surface area (TPSA) is 98.5 Å². The number of nitrogens with one attached hydrogen (secondary N) is 1. The van der Waals surface area contributed by atoms with Crippen molar-refractivity contribution in [1.82, 2.24) is 20.1 Å². The minimum Gasteiger partial charge on any atom is -0.507 e. The molecule has 0 saturated heterocycles. The summed E-state index contributed by atoms with van der Waals surface area (Å²) in [5.41, 5.74) is 4.68. The molecule has 1 unspecified atom stereocenters. The molecular formula is C36H38N4O4S. The van der Waals surface area contributed by atoms with Crippen molar-refractivity contribution in [3.8, 4) is 22.9 Å². The van der Waals surface area contributed by atoms with Crippen LogP contribution in [-0.4, -0.2) is 46.5 Å². The van der Waals surface area contributed by atoms with Crippen LogP contribution in [0.2, 0.25) is 0 Å². The van der Waals surface area contributed by atoms with Crippen LogP contribution >= 0.6 is 11.8 Å². The predicted molar refractivity (Wildman–Crippen MR) is 178 cm³/mol. The van der Waals surface area contributed by atoms with Crippen molar-refractivity contribution in [1.29, 1.82) is 0 Å². The minimum absolute atomic E-state index is 0.0360. The molecular weight excluding hydrogens is 584 g/mol. The third-order valence-corrected chi connectivity index (χ3v) is 8.61. The maximum atomic E-state index is 12.7. The fraction of sp³-hybridized carbons (Fsp3) is 0.250. The van der Waals surface area contributed by atoms with Crippen molar-refractivity contribution in [2.24, 2.45) is 0 Å². The molecule has 0 aliphatic rings. The summed E-state index contributed by atoms with van der Waals surface area (Å²) in [6.45, 7) is 2.54. The molecule has 0 bridgehead atoms. The van der Waals surface area contributed by atoms with E-state index in [1.807, 2.05) is 42.5 Å². The number of rotatable bonds is 14. The van der Waals surface area contributed by atoms with Gasteiger partial charge in [-0.05, 0) is 67.6 Å². The van der Waals surface area contributed by atoms with Gasteiger partial charge >= 0.3 is 0 Å². The predicted octanol–water partition coefficient (Wildman–Crippen LogP) is 7.13. The lowest BCUT2D eigenvalue weighted by molar-refractivity contribution is 0.0950. The average molecular weight is 623 g/mol. The first-order chi connectivity index (χ1) is 22.0. The van der Waals surface area contributed by atoms with E-state index in [1.165, 1.54) is 17.2 Å². The highest BCUT2D eigenvalue weighted by Gasteiger charge is 2.25. The summed E-state index contributed by atoms with van der Waals surface area (Å²) >= 11 is 1.64. The molecule has 0 spiro atoms. The molecule has 0 fully saturated rings. The van der Waals surface area contributed by atoms with E-state index in [2.05, 4.69) is 47.1 Å². The Morgan fingerprint density at radius 1 is 0.933 bits per heavy atom. The molecule has 232 valence electrons. The molecule has 45 heavy (non-hydrogen) atoms. The molecule has 0 aliphatic heterocycles. The molecule has 1 amide bonds. The zero-order valence-corrected chi connectivity index (χ0v) is 26.6. The van der Waals surface area contributed by atoms with Crippen molar-refractivity contribution in [3.05, 3.63) is 125 Å². The molecule has 5 aromatic rings. The van der Waals surface area contributed by atoms with Crippen LogP contribution in [0.5, 0.6) is 17.2 Å². The van der Waals surface area contributed by atoms with E-state index in [1.54, 1.807) is 44.2 Å². The number of hydrogen-bond acceptors (Lipinski definition) is 7. The Balaban J connectivity index is 1.45. The normalized spacial score (nSPS) is 11.6. The van der Waals surface area contributed by atoms with Crippen molar-refractivity contribution < 1.29 is 19.4 Å². The van der Waals surface area contributed by atoms with Gasteiger partial charge in [0.25, 0.3) is 5.91 Å². The zero-order valence-electron chi connectivity index (χ0n) is 25.8. The Bertz CT molecular complexity index is 1740. The number of aromatic hydroxyl groups is 1. The van der Waals surface area contributed by atoms with Gasteiger partial charge in [0.1, 0.15) is 23.1 Å². The largest absolute Gasteiger partial charge is 0.507 e. The highest BCUT2D eigenvalue weighted by atomic mass is 32.2. The van der Waals surface area contributed by atoms with E-state index in [-0.39, 0.29) is 23.1 Å². The standard InChI is InChI=1S/C36H38N4O4S/c1-25-11-8-12-26(21-25)24-45-36-39-38-34(40(36)29-15-9-16-30(23-29)43-2)28(22-27-13-4-7-19-33(27)44-3)14-10-20-37-35(42)31-17-5-6-18-32(31)41/h4-9,11-13,15-19,21,23,28,41H,10,14,20,22,24H2,1-3H3,(H,37,42). The van der Waals surface area contributed by atoms with E-state index in [9.17, 15) is 9.90 Å². The summed E-state index contributed by atoms with van der Waals surface area (Å²) in [5, 5.41) is 23.3. The molecule has 9 heteroatoms. The van der Waals surface area contributed by atoms with Crippen LogP contribution in [0.25, 0.3) is 5.69 Å². The number of carbonyl (C=O) groups excluding carboxylic acids is 1. The Kier molecular flexibility index (Phi) is 10.8. The van der Waals surface area contributed by atoms with Crippen molar-refractivity contribution in [2.75, 3.05) is 20.8 Å². The molecule has 2 N–H and O–H groups in total. The second-order valence-corrected chi connectivity index (χ2v) is 11.7. The Morgan fingerprint density at radius 3 is 2.53 bits per heavy atom. The number of benzene rings is 4. The number of phenols is 1. The lowest BCUT2D eigenvalue weighted by atomic mass is 9.93. The second kappa shape index (κ2) is 15.3. The first-order valence-corrected chi connectivity index (χ1v) is 15.9. The summed E-state index contributed by atoms with van der Waals surface area (Å²) in [4.78, 5) is 12.7. The molecule has 1 heterocycles. The SMILES string of the molecule is COc1cccc(-n2c(SCc3cccc(C)c3)nnc2C(CCCNC(=O)c2ccccc2O)Cc2ccccc2OC)c1. The van der Waals surface area contributed by atoms with Crippen molar-refractivity contribution >= 4 is 17.7 Å². The van der Waals surface area contributed by atoms with Crippen LogP contribution in [0.1, 0.15) is 51.6 Å². The van der Waals surface area contributed by atoms with Gasteiger partial charge in [0.2, 0.25) is 0 Å². The third kappa shape index (κ3) is 8.05. The van der Waals surface area contributed by atoms with Crippen LogP contribution in [0.15, 0.2) is 102 Å². The monoisotopic (exact) mass is 622 g/mol. The van der Waals surface area contributed by atoms with Gasteiger partial charge in [-0.2, -0.15) is 0 Å². The number of methoxy groups -OCH3 is 2. The smallest absolute Gasteiger partial charge is 0.255 e. The summed E-state index contributed by atoms with van der Waals surface area (Å²) in [5.74, 6) is 2.75. The minimum atomic E-state index is -0.302. The molecule has 8 nitrogen and oxygen atoms in total. The van der Waals surface area contributed by atoms with Crippen LogP contribution in [0.3, 0.4) is 0 Å². The van der Waals surface area contributed by atoms with Crippen molar-refractivity contribution in [3.63, 3.8) is 0 Å². The van der Waals surface area contributed by atoms with Gasteiger partial charge < -0.3 is 19.9 Å².